The molecule has 0 fully saturated rings. The van der Waals surface area contributed by atoms with E-state index in [2.05, 4.69) is 57.3 Å². The van der Waals surface area contributed by atoms with Gasteiger partial charge in [-0.25, -0.2) is 9.48 Å². The maximum absolute atomic E-state index is 13.3. The second-order valence-electron chi connectivity index (χ2n) is 11.1. The molecule has 2 aromatic heterocycles. The number of nitrogens with one attached hydrogen (secondary N) is 3. The molecule has 0 spiro atoms. The van der Waals surface area contributed by atoms with Gasteiger partial charge in [-0.15, -0.1) is 0 Å². The maximum atomic E-state index is 13.3. The third kappa shape index (κ3) is 5.97. The van der Waals surface area contributed by atoms with E-state index in [1.807, 2.05) is 110 Å². The molecule has 0 radical (unpaired) electrons. The molecule has 8 nitrogen and oxygen atoms in total. The second-order valence-corrected chi connectivity index (χ2v) is 11.1. The average Bonchev–Trinajstić information content (AvgIpc) is 3.44. The van der Waals surface area contributed by atoms with Gasteiger partial charge in [0, 0.05) is 12.7 Å². The van der Waals surface area contributed by atoms with E-state index in [1.165, 1.54) is 0 Å². The summed E-state index contributed by atoms with van der Waals surface area (Å²) in [5.74, 6) is 0.227. The quantitative estimate of drug-likeness (QED) is 0.148. The standard InChI is InChI=1S/C38H36N6O2/c1-3-39-37(46)42-36-33-26-40-32(25-35(45)41-27(2)28-16-8-4-9-17-28)24-34(33)44(43-36)38(29-18-10-5-11-19-29,30-20-12-6-13-21-30)31-22-14-7-15-23-31/h4-24,26-27H,3,25H2,1-2H3,(H,41,45)(H2,39,42,43,46)/t27-/m1/s1. The Morgan fingerprint density at radius 2 is 1.30 bits per heavy atom. The number of pyridine rings is 1. The lowest BCUT2D eigenvalue weighted by Crippen LogP contribution is -2.38. The molecule has 46 heavy (non-hydrogen) atoms. The van der Waals surface area contributed by atoms with E-state index < -0.39 is 5.54 Å². The number of amides is 3. The predicted octanol–water partition coefficient (Wildman–Crippen LogP) is 6.83. The van der Waals surface area contributed by atoms with Crippen LogP contribution in [0.2, 0.25) is 0 Å². The molecule has 3 amide bonds. The fraction of sp³-hybridized carbons (Fsp3) is 0.158. The lowest BCUT2D eigenvalue weighted by Gasteiger charge is -2.37. The molecule has 0 aliphatic rings. The van der Waals surface area contributed by atoms with E-state index in [4.69, 9.17) is 5.10 Å². The summed E-state index contributed by atoms with van der Waals surface area (Å²) in [5.41, 5.74) is 4.33. The van der Waals surface area contributed by atoms with Gasteiger partial charge in [0.2, 0.25) is 5.91 Å². The highest BCUT2D eigenvalue weighted by atomic mass is 16.2. The number of carbonyl (C=O) groups is 2. The van der Waals surface area contributed by atoms with Crippen molar-refractivity contribution in [3.8, 4) is 0 Å². The summed E-state index contributed by atoms with van der Waals surface area (Å²) in [6.45, 7) is 4.29. The molecule has 0 aliphatic carbocycles. The number of aromatic nitrogens is 3. The van der Waals surface area contributed by atoms with Gasteiger partial charge in [0.25, 0.3) is 0 Å². The van der Waals surface area contributed by atoms with Crippen molar-refractivity contribution in [2.24, 2.45) is 0 Å². The van der Waals surface area contributed by atoms with Crippen LogP contribution in [-0.2, 0) is 16.8 Å². The van der Waals surface area contributed by atoms with Crippen molar-refractivity contribution >= 4 is 28.7 Å². The molecule has 3 N–H and O–H groups in total. The Labute approximate surface area is 268 Å². The molecule has 0 saturated carbocycles. The number of fused-ring (bicyclic) bond motifs is 1. The summed E-state index contributed by atoms with van der Waals surface area (Å²) in [4.78, 5) is 30.7. The molecule has 0 aliphatic heterocycles. The average molecular weight is 609 g/mol. The molecule has 0 bridgehead atoms. The smallest absolute Gasteiger partial charge is 0.320 e. The summed E-state index contributed by atoms with van der Waals surface area (Å²) in [6, 6.07) is 41.8. The van der Waals surface area contributed by atoms with Crippen LogP contribution in [0, 0.1) is 0 Å². The van der Waals surface area contributed by atoms with Crippen LogP contribution in [-0.4, -0.2) is 33.2 Å². The van der Waals surface area contributed by atoms with Crippen molar-refractivity contribution in [3.05, 3.63) is 162 Å². The normalized spacial score (nSPS) is 12.0. The Bertz CT molecular complexity index is 1830. The van der Waals surface area contributed by atoms with Gasteiger partial charge in [-0.1, -0.05) is 121 Å². The Morgan fingerprint density at radius 3 is 1.83 bits per heavy atom. The van der Waals surface area contributed by atoms with Crippen molar-refractivity contribution in [3.63, 3.8) is 0 Å². The second kappa shape index (κ2) is 13.5. The van der Waals surface area contributed by atoms with E-state index in [9.17, 15) is 9.59 Å². The topological polar surface area (TPSA) is 101 Å². The number of rotatable bonds is 10. The Kier molecular flexibility index (Phi) is 8.87. The van der Waals surface area contributed by atoms with Crippen LogP contribution < -0.4 is 16.0 Å². The minimum atomic E-state index is -0.939. The molecule has 6 rings (SSSR count). The summed E-state index contributed by atoms with van der Waals surface area (Å²) in [6.07, 6.45) is 1.77. The van der Waals surface area contributed by atoms with Crippen LogP contribution in [0.15, 0.2) is 134 Å². The van der Waals surface area contributed by atoms with Gasteiger partial charge < -0.3 is 10.6 Å². The minimum absolute atomic E-state index is 0.0758. The Hall–Kier alpha value is -5.76. The lowest BCUT2D eigenvalue weighted by atomic mass is 9.77. The van der Waals surface area contributed by atoms with Crippen LogP contribution >= 0.6 is 0 Å². The van der Waals surface area contributed by atoms with Gasteiger partial charge in [-0.2, -0.15) is 5.10 Å². The fourth-order valence-corrected chi connectivity index (χ4v) is 6.00. The Morgan fingerprint density at radius 1 is 0.783 bits per heavy atom. The number of anilines is 1. The number of carbonyl (C=O) groups excluding carboxylic acids is 2. The first kappa shape index (κ1) is 30.3. The highest BCUT2D eigenvalue weighted by molar-refractivity contribution is 5.99. The van der Waals surface area contributed by atoms with Crippen LogP contribution in [0.1, 0.15) is 47.8 Å². The van der Waals surface area contributed by atoms with Crippen molar-refractivity contribution in [1.29, 1.82) is 0 Å². The SMILES string of the molecule is CCNC(=O)Nc1nn(C(c2ccccc2)(c2ccccc2)c2ccccc2)c2cc(CC(=O)N[C@H](C)c3ccccc3)ncc12. The number of urea groups is 1. The third-order valence-corrected chi connectivity index (χ3v) is 8.10. The minimum Gasteiger partial charge on any atom is -0.349 e. The van der Waals surface area contributed by atoms with Crippen LogP contribution in [0.25, 0.3) is 10.9 Å². The maximum Gasteiger partial charge on any atom is 0.320 e. The van der Waals surface area contributed by atoms with Crippen molar-refractivity contribution < 1.29 is 9.59 Å². The van der Waals surface area contributed by atoms with Crippen molar-refractivity contribution in [2.45, 2.75) is 31.8 Å². The molecule has 0 unspecified atom stereocenters. The number of benzene rings is 4. The van der Waals surface area contributed by atoms with E-state index in [1.54, 1.807) is 6.20 Å². The molecule has 2 heterocycles. The first-order valence-electron chi connectivity index (χ1n) is 15.4. The summed E-state index contributed by atoms with van der Waals surface area (Å²) in [5, 5.41) is 14.6. The number of hydrogen-bond acceptors (Lipinski definition) is 4. The first-order valence-corrected chi connectivity index (χ1v) is 15.4. The summed E-state index contributed by atoms with van der Waals surface area (Å²) < 4.78 is 1.96. The molecule has 8 heteroatoms. The highest BCUT2D eigenvalue weighted by Crippen LogP contribution is 2.43. The monoisotopic (exact) mass is 608 g/mol. The van der Waals surface area contributed by atoms with E-state index in [-0.39, 0.29) is 24.4 Å². The van der Waals surface area contributed by atoms with E-state index >= 15 is 0 Å². The molecule has 6 aromatic rings. The molecule has 1 atom stereocenters. The molecular weight excluding hydrogens is 572 g/mol. The van der Waals surface area contributed by atoms with Crippen molar-refractivity contribution in [2.75, 3.05) is 11.9 Å². The van der Waals surface area contributed by atoms with Crippen molar-refractivity contribution in [1.82, 2.24) is 25.4 Å². The van der Waals surface area contributed by atoms with E-state index in [0.717, 1.165) is 27.8 Å². The van der Waals surface area contributed by atoms with Crippen LogP contribution in [0.3, 0.4) is 0 Å². The zero-order valence-corrected chi connectivity index (χ0v) is 25.9. The van der Waals surface area contributed by atoms with Gasteiger partial charge in [-0.3, -0.25) is 15.1 Å². The first-order chi connectivity index (χ1) is 22.5. The summed E-state index contributed by atoms with van der Waals surface area (Å²) in [7, 11) is 0. The summed E-state index contributed by atoms with van der Waals surface area (Å²) >= 11 is 0. The van der Waals surface area contributed by atoms with Gasteiger partial charge in [0.1, 0.15) is 5.54 Å². The predicted molar refractivity (Wildman–Crippen MR) is 182 cm³/mol. The van der Waals surface area contributed by atoms with Gasteiger partial charge in [0.15, 0.2) is 5.82 Å². The zero-order valence-electron chi connectivity index (χ0n) is 25.9. The van der Waals surface area contributed by atoms with Gasteiger partial charge >= 0.3 is 6.03 Å². The van der Waals surface area contributed by atoms with E-state index in [0.29, 0.717) is 23.4 Å². The largest absolute Gasteiger partial charge is 0.349 e. The number of nitrogens with zero attached hydrogens (tertiary/aromatic N) is 3. The molecular formula is C38H36N6O2. The Balaban J connectivity index is 1.54. The van der Waals surface area contributed by atoms with Crippen LogP contribution in [0.4, 0.5) is 10.6 Å². The lowest BCUT2D eigenvalue weighted by molar-refractivity contribution is -0.121. The molecule has 230 valence electrons. The third-order valence-electron chi connectivity index (χ3n) is 8.10. The van der Waals surface area contributed by atoms with Gasteiger partial charge in [0.05, 0.1) is 29.1 Å². The number of hydrogen-bond donors (Lipinski definition) is 3. The zero-order chi connectivity index (χ0) is 31.9. The molecule has 4 aromatic carbocycles. The van der Waals surface area contributed by atoms with Crippen LogP contribution in [0.5, 0.6) is 0 Å². The van der Waals surface area contributed by atoms with Gasteiger partial charge in [-0.05, 0) is 42.2 Å². The molecule has 0 saturated heterocycles. The highest BCUT2D eigenvalue weighted by Gasteiger charge is 2.41. The fourth-order valence-electron chi connectivity index (χ4n) is 6.00.